The number of hydrogen-bond acceptors (Lipinski definition) is 5. The van der Waals surface area contributed by atoms with Gasteiger partial charge in [-0.1, -0.05) is 23.9 Å². The minimum absolute atomic E-state index is 0.512. The van der Waals surface area contributed by atoms with Crippen molar-refractivity contribution in [2.24, 2.45) is 0 Å². The van der Waals surface area contributed by atoms with Crippen LogP contribution in [0.2, 0.25) is 0 Å². The van der Waals surface area contributed by atoms with Gasteiger partial charge >= 0.3 is 0 Å². The molecule has 1 saturated carbocycles. The number of H-pyrrole nitrogens is 1. The maximum Gasteiger partial charge on any atom is 0.226 e. The molecule has 4 rings (SSSR count). The number of imidazole rings is 1. The molecule has 0 radical (unpaired) electrons. The second-order valence-electron chi connectivity index (χ2n) is 4.66. The first kappa shape index (κ1) is 11.0. The minimum Gasteiger partial charge on any atom is -0.424 e. The van der Waals surface area contributed by atoms with Crippen LogP contribution in [0.5, 0.6) is 0 Å². The van der Waals surface area contributed by atoms with Gasteiger partial charge in [-0.05, 0) is 25.0 Å². The zero-order chi connectivity index (χ0) is 12.7. The number of rotatable bonds is 4. The van der Waals surface area contributed by atoms with Crippen LogP contribution in [-0.4, -0.2) is 20.2 Å². The zero-order valence-electron chi connectivity index (χ0n) is 10.2. The van der Waals surface area contributed by atoms with Gasteiger partial charge in [0.25, 0.3) is 0 Å². The predicted molar refractivity (Wildman–Crippen MR) is 71.9 cm³/mol. The van der Waals surface area contributed by atoms with E-state index in [2.05, 4.69) is 20.2 Å². The zero-order valence-corrected chi connectivity index (χ0v) is 11.0. The molecule has 1 aliphatic rings. The standard InChI is InChI=1S/C13H12N4OS/c1-2-4-10-9(3-1)14-13(15-10)19-7-11-16-17-12(18-11)8-5-6-8/h1-4,8H,5-7H2,(H,14,15). The summed E-state index contributed by atoms with van der Waals surface area (Å²) >= 11 is 1.58. The van der Waals surface area contributed by atoms with Gasteiger partial charge in [0, 0.05) is 5.92 Å². The first-order valence-electron chi connectivity index (χ1n) is 6.28. The molecule has 3 aromatic rings. The highest BCUT2D eigenvalue weighted by Gasteiger charge is 2.29. The molecule has 19 heavy (non-hydrogen) atoms. The van der Waals surface area contributed by atoms with Gasteiger partial charge in [-0.3, -0.25) is 0 Å². The minimum atomic E-state index is 0.512. The number of nitrogens with zero attached hydrogens (tertiary/aromatic N) is 3. The van der Waals surface area contributed by atoms with Crippen molar-refractivity contribution in [2.45, 2.75) is 29.7 Å². The lowest BCUT2D eigenvalue weighted by molar-refractivity contribution is 0.466. The predicted octanol–water partition coefficient (Wildman–Crippen LogP) is 3.12. The molecular weight excluding hydrogens is 260 g/mol. The third kappa shape index (κ3) is 2.23. The SMILES string of the molecule is c1ccc2[nH]c(SCc3nnc(C4CC4)o3)nc2c1. The first-order valence-corrected chi connectivity index (χ1v) is 7.27. The topological polar surface area (TPSA) is 67.6 Å². The van der Waals surface area contributed by atoms with Crippen LogP contribution in [-0.2, 0) is 5.75 Å². The summed E-state index contributed by atoms with van der Waals surface area (Å²) in [6, 6.07) is 7.99. The lowest BCUT2D eigenvalue weighted by atomic mass is 10.3. The number of fused-ring (bicyclic) bond motifs is 1. The molecule has 5 nitrogen and oxygen atoms in total. The van der Waals surface area contributed by atoms with Crippen molar-refractivity contribution in [3.05, 3.63) is 36.0 Å². The Morgan fingerprint density at radius 3 is 3.00 bits per heavy atom. The lowest BCUT2D eigenvalue weighted by Gasteiger charge is -1.91. The van der Waals surface area contributed by atoms with Gasteiger partial charge < -0.3 is 9.40 Å². The van der Waals surface area contributed by atoms with Crippen LogP contribution in [0.4, 0.5) is 0 Å². The number of para-hydroxylation sites is 2. The van der Waals surface area contributed by atoms with E-state index in [1.165, 1.54) is 12.8 Å². The molecule has 0 saturated heterocycles. The molecule has 2 heterocycles. The maximum atomic E-state index is 5.62. The Kier molecular flexibility index (Phi) is 2.55. The molecule has 6 heteroatoms. The summed E-state index contributed by atoms with van der Waals surface area (Å²) in [5, 5.41) is 9.02. The fourth-order valence-corrected chi connectivity index (χ4v) is 2.67. The summed E-state index contributed by atoms with van der Waals surface area (Å²) in [7, 11) is 0. The first-order chi connectivity index (χ1) is 9.38. The van der Waals surface area contributed by atoms with E-state index in [1.54, 1.807) is 11.8 Å². The van der Waals surface area contributed by atoms with Crippen LogP contribution in [0, 0.1) is 0 Å². The second kappa shape index (κ2) is 4.38. The van der Waals surface area contributed by atoms with Crippen molar-refractivity contribution in [1.82, 2.24) is 20.2 Å². The molecule has 1 N–H and O–H groups in total. The number of benzene rings is 1. The molecule has 0 spiro atoms. The van der Waals surface area contributed by atoms with Crippen molar-refractivity contribution in [1.29, 1.82) is 0 Å². The second-order valence-corrected chi connectivity index (χ2v) is 5.62. The van der Waals surface area contributed by atoms with Crippen molar-refractivity contribution < 1.29 is 4.42 Å². The Balaban J connectivity index is 1.48. The molecule has 1 fully saturated rings. The quantitative estimate of drug-likeness (QED) is 0.739. The summed E-state index contributed by atoms with van der Waals surface area (Å²) in [5.41, 5.74) is 2.03. The Morgan fingerprint density at radius 2 is 2.16 bits per heavy atom. The third-order valence-electron chi connectivity index (χ3n) is 3.11. The monoisotopic (exact) mass is 272 g/mol. The molecule has 0 unspecified atom stereocenters. The van der Waals surface area contributed by atoms with Gasteiger partial charge in [-0.15, -0.1) is 10.2 Å². The maximum absolute atomic E-state index is 5.62. The molecular formula is C13H12N4OS. The largest absolute Gasteiger partial charge is 0.424 e. The van der Waals surface area contributed by atoms with Crippen LogP contribution in [0.15, 0.2) is 33.8 Å². The smallest absolute Gasteiger partial charge is 0.226 e. The molecule has 2 aromatic heterocycles. The van der Waals surface area contributed by atoms with Crippen molar-refractivity contribution in [3.63, 3.8) is 0 Å². The number of aromatic amines is 1. The molecule has 0 bridgehead atoms. The van der Waals surface area contributed by atoms with Crippen LogP contribution in [0.1, 0.15) is 30.5 Å². The average molecular weight is 272 g/mol. The van der Waals surface area contributed by atoms with Gasteiger partial charge in [0.1, 0.15) is 0 Å². The van der Waals surface area contributed by atoms with E-state index in [9.17, 15) is 0 Å². The van der Waals surface area contributed by atoms with Crippen LogP contribution >= 0.6 is 11.8 Å². The number of thioether (sulfide) groups is 1. The molecule has 1 aliphatic carbocycles. The Morgan fingerprint density at radius 1 is 1.26 bits per heavy atom. The van der Waals surface area contributed by atoms with Crippen molar-refractivity contribution in [3.8, 4) is 0 Å². The van der Waals surface area contributed by atoms with E-state index in [0.717, 1.165) is 22.1 Å². The van der Waals surface area contributed by atoms with Gasteiger partial charge in [-0.25, -0.2) is 4.98 Å². The van der Waals surface area contributed by atoms with Crippen molar-refractivity contribution >= 4 is 22.8 Å². The summed E-state index contributed by atoms with van der Waals surface area (Å²) in [5.74, 6) is 2.63. The van der Waals surface area contributed by atoms with Crippen molar-refractivity contribution in [2.75, 3.05) is 0 Å². The van der Waals surface area contributed by atoms with Gasteiger partial charge in [0.15, 0.2) is 5.16 Å². The van der Waals surface area contributed by atoms with Gasteiger partial charge in [-0.2, -0.15) is 0 Å². The molecule has 0 aliphatic heterocycles. The Labute approximate surface area is 113 Å². The number of hydrogen-bond donors (Lipinski definition) is 1. The highest BCUT2D eigenvalue weighted by atomic mass is 32.2. The van der Waals surface area contributed by atoms with E-state index in [-0.39, 0.29) is 0 Å². The summed E-state index contributed by atoms with van der Waals surface area (Å²) in [4.78, 5) is 7.77. The molecule has 0 atom stereocenters. The lowest BCUT2D eigenvalue weighted by Crippen LogP contribution is -1.81. The van der Waals surface area contributed by atoms with Gasteiger partial charge in [0.05, 0.1) is 16.8 Å². The summed E-state index contributed by atoms with van der Waals surface area (Å²) in [6.07, 6.45) is 2.36. The molecule has 0 amide bonds. The highest BCUT2D eigenvalue weighted by molar-refractivity contribution is 7.98. The van der Waals surface area contributed by atoms with E-state index >= 15 is 0 Å². The average Bonchev–Trinajstić information content (AvgIpc) is 3.03. The number of aromatic nitrogens is 4. The van der Waals surface area contributed by atoms with Crippen LogP contribution in [0.25, 0.3) is 11.0 Å². The van der Waals surface area contributed by atoms with Crippen LogP contribution in [0.3, 0.4) is 0 Å². The third-order valence-corrected chi connectivity index (χ3v) is 3.97. The number of nitrogens with one attached hydrogen (secondary N) is 1. The van der Waals surface area contributed by atoms with E-state index in [4.69, 9.17) is 4.42 Å². The molecule has 1 aromatic carbocycles. The van der Waals surface area contributed by atoms with Crippen LogP contribution < -0.4 is 0 Å². The Bertz CT molecular complexity index is 683. The normalized spacial score (nSPS) is 15.2. The molecule has 96 valence electrons. The summed E-state index contributed by atoms with van der Waals surface area (Å²) < 4.78 is 5.62. The fourth-order valence-electron chi connectivity index (χ4n) is 1.95. The fraction of sp³-hybridized carbons (Fsp3) is 0.308. The van der Waals surface area contributed by atoms with E-state index in [0.29, 0.717) is 17.6 Å². The Hall–Kier alpha value is -1.82. The van der Waals surface area contributed by atoms with E-state index in [1.807, 2.05) is 24.3 Å². The van der Waals surface area contributed by atoms with E-state index < -0.39 is 0 Å². The van der Waals surface area contributed by atoms with Gasteiger partial charge in [0.2, 0.25) is 11.8 Å². The summed E-state index contributed by atoms with van der Waals surface area (Å²) in [6.45, 7) is 0. The highest BCUT2D eigenvalue weighted by Crippen LogP contribution is 2.39.